The topological polar surface area (TPSA) is 87.2 Å². The largest absolute Gasteiger partial charge is 0.483 e. The molecule has 0 unspecified atom stereocenters. The van der Waals surface area contributed by atoms with Crippen LogP contribution >= 0.6 is 0 Å². The zero-order valence-corrected chi connectivity index (χ0v) is 17.8. The van der Waals surface area contributed by atoms with Crippen LogP contribution in [0.3, 0.4) is 0 Å². The molecule has 2 aliphatic rings. The Morgan fingerprint density at radius 2 is 1.53 bits per heavy atom. The summed E-state index contributed by atoms with van der Waals surface area (Å²) in [7, 11) is 0. The number of nitrogens with zero attached hydrogens (tertiary/aromatic N) is 3. The van der Waals surface area contributed by atoms with Crippen LogP contribution in [0, 0.1) is 6.92 Å². The third kappa shape index (κ3) is 4.98. The maximum absolute atomic E-state index is 12.6. The van der Waals surface area contributed by atoms with Gasteiger partial charge >= 0.3 is 0 Å². The lowest BCUT2D eigenvalue weighted by atomic mass is 10.0. The summed E-state index contributed by atoms with van der Waals surface area (Å²) in [6.07, 6.45) is 0.349. The van der Waals surface area contributed by atoms with Crippen LogP contribution in [0.25, 0.3) is 0 Å². The van der Waals surface area contributed by atoms with Gasteiger partial charge in [0.15, 0.2) is 6.61 Å². The number of amides is 4. The number of likely N-dealkylation sites (tertiary alicyclic amines) is 1. The van der Waals surface area contributed by atoms with Gasteiger partial charge in [0.2, 0.25) is 17.7 Å². The van der Waals surface area contributed by atoms with Gasteiger partial charge in [0, 0.05) is 39.0 Å². The second-order valence-electron chi connectivity index (χ2n) is 8.12. The van der Waals surface area contributed by atoms with E-state index in [9.17, 15) is 19.2 Å². The van der Waals surface area contributed by atoms with Gasteiger partial charge in [-0.25, -0.2) is 0 Å². The Morgan fingerprint density at radius 1 is 0.967 bits per heavy atom. The summed E-state index contributed by atoms with van der Waals surface area (Å²) in [4.78, 5) is 52.7. The number of rotatable bonds is 6. The number of imide groups is 1. The maximum atomic E-state index is 12.6. The van der Waals surface area contributed by atoms with E-state index in [4.69, 9.17) is 4.74 Å². The van der Waals surface area contributed by atoms with E-state index in [1.165, 1.54) is 0 Å². The molecular formula is C22H29N3O5. The zero-order valence-electron chi connectivity index (χ0n) is 17.8. The Labute approximate surface area is 176 Å². The first kappa shape index (κ1) is 21.8. The molecule has 2 heterocycles. The second kappa shape index (κ2) is 9.28. The van der Waals surface area contributed by atoms with E-state index in [2.05, 4.69) is 13.8 Å². The third-order valence-corrected chi connectivity index (χ3v) is 5.58. The number of carbonyl (C=O) groups is 4. The summed E-state index contributed by atoms with van der Waals surface area (Å²) in [5, 5.41) is 0. The van der Waals surface area contributed by atoms with Gasteiger partial charge in [-0.1, -0.05) is 26.0 Å². The number of aryl methyl sites for hydroxylation is 1. The number of piperazine rings is 1. The van der Waals surface area contributed by atoms with Crippen molar-refractivity contribution in [2.24, 2.45) is 0 Å². The monoisotopic (exact) mass is 415 g/mol. The molecule has 4 amide bonds. The predicted octanol–water partition coefficient (Wildman–Crippen LogP) is 1.32. The molecule has 0 atom stereocenters. The lowest BCUT2D eigenvalue weighted by Crippen LogP contribution is -2.53. The fourth-order valence-corrected chi connectivity index (χ4v) is 3.71. The van der Waals surface area contributed by atoms with E-state index < -0.39 is 0 Å². The first-order valence-electron chi connectivity index (χ1n) is 10.4. The van der Waals surface area contributed by atoms with Crippen molar-refractivity contribution in [1.29, 1.82) is 0 Å². The van der Waals surface area contributed by atoms with E-state index in [1.54, 1.807) is 9.80 Å². The Kier molecular flexibility index (Phi) is 6.74. The van der Waals surface area contributed by atoms with E-state index in [-0.39, 0.29) is 49.6 Å². The molecule has 2 saturated heterocycles. The van der Waals surface area contributed by atoms with Crippen molar-refractivity contribution in [1.82, 2.24) is 14.7 Å². The SMILES string of the molecule is Cc1ccc(C(C)C)c(OCC(=O)N2CCN(C(=O)CN3C(=O)CCC3=O)CC2)c1. The van der Waals surface area contributed by atoms with Crippen LogP contribution in [-0.2, 0) is 19.2 Å². The summed E-state index contributed by atoms with van der Waals surface area (Å²) in [5.41, 5.74) is 2.14. The molecule has 2 aliphatic heterocycles. The van der Waals surface area contributed by atoms with Crippen molar-refractivity contribution < 1.29 is 23.9 Å². The van der Waals surface area contributed by atoms with Gasteiger partial charge in [0.25, 0.3) is 5.91 Å². The molecule has 2 fully saturated rings. The fourth-order valence-electron chi connectivity index (χ4n) is 3.71. The minimum Gasteiger partial charge on any atom is -0.483 e. The summed E-state index contributed by atoms with van der Waals surface area (Å²) >= 11 is 0. The van der Waals surface area contributed by atoms with Crippen LogP contribution in [0.2, 0.25) is 0 Å². The average molecular weight is 415 g/mol. The number of hydrogen-bond acceptors (Lipinski definition) is 5. The smallest absolute Gasteiger partial charge is 0.260 e. The zero-order chi connectivity index (χ0) is 21.8. The highest BCUT2D eigenvalue weighted by atomic mass is 16.5. The molecule has 8 nitrogen and oxygen atoms in total. The van der Waals surface area contributed by atoms with Crippen LogP contribution in [-0.4, -0.2) is 77.7 Å². The van der Waals surface area contributed by atoms with Gasteiger partial charge in [0.1, 0.15) is 12.3 Å². The third-order valence-electron chi connectivity index (χ3n) is 5.58. The molecule has 3 rings (SSSR count). The lowest BCUT2D eigenvalue weighted by Gasteiger charge is -2.35. The van der Waals surface area contributed by atoms with Crippen molar-refractivity contribution in [3.05, 3.63) is 29.3 Å². The van der Waals surface area contributed by atoms with E-state index >= 15 is 0 Å². The molecule has 1 aromatic rings. The molecule has 0 aromatic heterocycles. The normalized spacial score (nSPS) is 17.1. The number of carbonyl (C=O) groups excluding carboxylic acids is 4. The number of ether oxygens (including phenoxy) is 1. The molecule has 30 heavy (non-hydrogen) atoms. The highest BCUT2D eigenvalue weighted by molar-refractivity contribution is 6.04. The molecular weight excluding hydrogens is 386 g/mol. The van der Waals surface area contributed by atoms with Crippen LogP contribution in [0.15, 0.2) is 18.2 Å². The summed E-state index contributed by atoms with van der Waals surface area (Å²) < 4.78 is 5.83. The number of benzene rings is 1. The second-order valence-corrected chi connectivity index (χ2v) is 8.12. The quantitative estimate of drug-likeness (QED) is 0.654. The molecule has 0 bridgehead atoms. The maximum Gasteiger partial charge on any atom is 0.260 e. The first-order chi connectivity index (χ1) is 14.3. The van der Waals surface area contributed by atoms with Gasteiger partial charge in [0.05, 0.1) is 0 Å². The first-order valence-corrected chi connectivity index (χ1v) is 10.4. The number of hydrogen-bond donors (Lipinski definition) is 0. The molecule has 0 saturated carbocycles. The molecule has 8 heteroatoms. The summed E-state index contributed by atoms with van der Waals surface area (Å²) in [5.74, 6) is 0.0469. The van der Waals surface area contributed by atoms with E-state index in [0.717, 1.165) is 21.8 Å². The van der Waals surface area contributed by atoms with E-state index in [1.807, 2.05) is 25.1 Å². The molecule has 162 valence electrons. The highest BCUT2D eigenvalue weighted by Gasteiger charge is 2.33. The molecule has 0 N–H and O–H groups in total. The van der Waals surface area contributed by atoms with Gasteiger partial charge in [-0.05, 0) is 30.0 Å². The van der Waals surface area contributed by atoms with Crippen molar-refractivity contribution in [2.45, 2.75) is 39.5 Å². The Hall–Kier alpha value is -2.90. The van der Waals surface area contributed by atoms with Crippen molar-refractivity contribution in [3.63, 3.8) is 0 Å². The van der Waals surface area contributed by atoms with E-state index in [0.29, 0.717) is 32.1 Å². The van der Waals surface area contributed by atoms with Crippen molar-refractivity contribution in [3.8, 4) is 5.75 Å². The lowest BCUT2D eigenvalue weighted by molar-refractivity contribution is -0.147. The predicted molar refractivity (Wildman–Crippen MR) is 110 cm³/mol. The van der Waals surface area contributed by atoms with Gasteiger partial charge < -0.3 is 14.5 Å². The molecule has 0 spiro atoms. The average Bonchev–Trinajstić information content (AvgIpc) is 3.04. The Morgan fingerprint density at radius 3 is 2.10 bits per heavy atom. The van der Waals surface area contributed by atoms with Crippen molar-refractivity contribution >= 4 is 23.6 Å². The summed E-state index contributed by atoms with van der Waals surface area (Å²) in [6, 6.07) is 6.00. The fraction of sp³-hybridized carbons (Fsp3) is 0.545. The minimum absolute atomic E-state index is 0.0477. The van der Waals surface area contributed by atoms with Gasteiger partial charge in [-0.2, -0.15) is 0 Å². The molecule has 0 aliphatic carbocycles. The summed E-state index contributed by atoms with van der Waals surface area (Å²) in [6.45, 7) is 7.45. The minimum atomic E-state index is -0.295. The highest BCUT2D eigenvalue weighted by Crippen LogP contribution is 2.27. The van der Waals surface area contributed by atoms with Gasteiger partial charge in [-0.15, -0.1) is 0 Å². The Bertz CT molecular complexity index is 827. The van der Waals surface area contributed by atoms with Crippen molar-refractivity contribution in [2.75, 3.05) is 39.3 Å². The van der Waals surface area contributed by atoms with Crippen LogP contribution in [0.1, 0.15) is 43.7 Å². The molecule has 1 aromatic carbocycles. The van der Waals surface area contributed by atoms with Gasteiger partial charge in [-0.3, -0.25) is 24.1 Å². The molecule has 0 radical (unpaired) electrons. The standard InChI is InChI=1S/C22H29N3O5/c1-15(2)17-5-4-16(3)12-18(17)30-14-22(29)24-10-8-23(9-11-24)21(28)13-25-19(26)6-7-20(25)27/h4-5,12,15H,6-11,13-14H2,1-3H3. The van der Waals surface area contributed by atoms with Crippen LogP contribution < -0.4 is 4.74 Å². The van der Waals surface area contributed by atoms with Crippen LogP contribution in [0.4, 0.5) is 0 Å². The van der Waals surface area contributed by atoms with Crippen LogP contribution in [0.5, 0.6) is 5.75 Å². The Balaban J connectivity index is 1.49.